The van der Waals surface area contributed by atoms with E-state index in [9.17, 15) is 23.6 Å². The largest absolute Gasteiger partial charge is 0.355 e. The van der Waals surface area contributed by atoms with E-state index < -0.39 is 35.5 Å². The van der Waals surface area contributed by atoms with Gasteiger partial charge in [0.2, 0.25) is 17.7 Å². The molecule has 1 aliphatic heterocycles. The van der Waals surface area contributed by atoms with E-state index in [0.29, 0.717) is 11.4 Å². The zero-order chi connectivity index (χ0) is 29.8. The first-order chi connectivity index (χ1) is 20.2. The molecule has 0 aliphatic carbocycles. The summed E-state index contributed by atoms with van der Waals surface area (Å²) in [6.07, 6.45) is 1.59. The fourth-order valence-electron chi connectivity index (χ4n) is 4.70. The smallest absolute Gasteiger partial charge is 0.253 e. The number of rotatable bonds is 8. The van der Waals surface area contributed by atoms with Crippen LogP contribution in [0.3, 0.4) is 0 Å². The Morgan fingerprint density at radius 2 is 1.69 bits per heavy atom. The van der Waals surface area contributed by atoms with Crippen molar-refractivity contribution in [1.29, 1.82) is 0 Å². The third-order valence-corrected chi connectivity index (χ3v) is 6.94. The molecule has 13 heteroatoms. The standard InChI is InChI=1S/C29H25ClFN7O4/c1-32-28(41)20-12-11-19(14-21(20)31)33-29(42)24(13-18-7-3-2-4-8-18)37-17-26(39)36(16-27(37)40)22-9-5-6-10-23(22)38-15-25(30)34-35-38/h2-12,14-15,24H,13,16-17H2,1H3,(H,32,41)(H,33,42). The second-order valence-electron chi connectivity index (χ2n) is 9.44. The van der Waals surface area contributed by atoms with Crippen molar-refractivity contribution in [3.63, 3.8) is 0 Å². The van der Waals surface area contributed by atoms with Crippen molar-refractivity contribution in [1.82, 2.24) is 25.2 Å². The van der Waals surface area contributed by atoms with Crippen molar-refractivity contribution in [3.05, 3.63) is 101 Å². The number of anilines is 2. The molecule has 1 aliphatic rings. The Morgan fingerprint density at radius 3 is 2.36 bits per heavy atom. The molecule has 1 saturated heterocycles. The number of piperazine rings is 1. The Hall–Kier alpha value is -5.10. The molecule has 1 fully saturated rings. The molecule has 2 N–H and O–H groups in total. The number of benzene rings is 3. The van der Waals surface area contributed by atoms with Gasteiger partial charge in [0.25, 0.3) is 5.91 Å². The van der Waals surface area contributed by atoms with Gasteiger partial charge in [0, 0.05) is 19.2 Å². The maximum absolute atomic E-state index is 14.6. The van der Waals surface area contributed by atoms with Crippen molar-refractivity contribution in [2.45, 2.75) is 12.5 Å². The highest BCUT2D eigenvalue weighted by Gasteiger charge is 2.39. The first kappa shape index (κ1) is 28.4. The quantitative estimate of drug-likeness (QED) is 0.325. The summed E-state index contributed by atoms with van der Waals surface area (Å²) < 4.78 is 16.0. The van der Waals surface area contributed by atoms with Gasteiger partial charge in [-0.1, -0.05) is 59.3 Å². The average Bonchev–Trinajstić information content (AvgIpc) is 3.43. The summed E-state index contributed by atoms with van der Waals surface area (Å²) in [5.41, 5.74) is 1.60. The summed E-state index contributed by atoms with van der Waals surface area (Å²) in [6.45, 7) is -0.702. The molecule has 3 aromatic carbocycles. The summed E-state index contributed by atoms with van der Waals surface area (Å²) in [5.74, 6) is -2.92. The second kappa shape index (κ2) is 12.2. The number of carbonyl (C=O) groups excluding carboxylic acids is 4. The lowest BCUT2D eigenvalue weighted by molar-refractivity contribution is -0.143. The van der Waals surface area contributed by atoms with Crippen LogP contribution < -0.4 is 15.5 Å². The van der Waals surface area contributed by atoms with E-state index in [2.05, 4.69) is 20.9 Å². The van der Waals surface area contributed by atoms with Gasteiger partial charge in [-0.05, 0) is 35.9 Å². The number of hydrogen-bond donors (Lipinski definition) is 2. The van der Waals surface area contributed by atoms with E-state index in [1.165, 1.54) is 39.9 Å². The highest BCUT2D eigenvalue weighted by atomic mass is 35.5. The molecule has 1 aromatic heterocycles. The number of aromatic nitrogens is 3. The van der Waals surface area contributed by atoms with Crippen molar-refractivity contribution < 1.29 is 23.6 Å². The predicted molar refractivity (Wildman–Crippen MR) is 153 cm³/mol. The molecular weight excluding hydrogens is 565 g/mol. The summed E-state index contributed by atoms with van der Waals surface area (Å²) in [5, 5.41) is 12.9. The minimum absolute atomic E-state index is 0.0982. The van der Waals surface area contributed by atoms with Gasteiger partial charge in [0.1, 0.15) is 24.9 Å². The van der Waals surface area contributed by atoms with Crippen LogP contribution in [0.15, 0.2) is 79.0 Å². The minimum Gasteiger partial charge on any atom is -0.355 e. The molecule has 0 saturated carbocycles. The Kier molecular flexibility index (Phi) is 8.25. The molecule has 1 unspecified atom stereocenters. The van der Waals surface area contributed by atoms with Crippen LogP contribution in [-0.2, 0) is 20.8 Å². The Morgan fingerprint density at radius 1 is 0.976 bits per heavy atom. The average molecular weight is 590 g/mol. The van der Waals surface area contributed by atoms with E-state index in [4.69, 9.17) is 11.6 Å². The van der Waals surface area contributed by atoms with Gasteiger partial charge < -0.3 is 15.5 Å². The van der Waals surface area contributed by atoms with Crippen molar-refractivity contribution in [3.8, 4) is 5.69 Å². The third kappa shape index (κ3) is 5.98. The van der Waals surface area contributed by atoms with E-state index >= 15 is 0 Å². The van der Waals surface area contributed by atoms with Crippen LogP contribution in [-0.4, -0.2) is 69.7 Å². The molecule has 2 heterocycles. The molecule has 11 nitrogen and oxygen atoms in total. The molecule has 0 bridgehead atoms. The Balaban J connectivity index is 1.41. The van der Waals surface area contributed by atoms with Crippen LogP contribution in [0.25, 0.3) is 5.69 Å². The number of para-hydroxylation sites is 2. The van der Waals surface area contributed by atoms with Crippen LogP contribution in [0, 0.1) is 5.82 Å². The van der Waals surface area contributed by atoms with Gasteiger partial charge in [0.15, 0.2) is 5.15 Å². The zero-order valence-electron chi connectivity index (χ0n) is 22.3. The normalized spacial score (nSPS) is 14.1. The van der Waals surface area contributed by atoms with Gasteiger partial charge in [-0.2, -0.15) is 0 Å². The van der Waals surface area contributed by atoms with Gasteiger partial charge >= 0.3 is 0 Å². The monoisotopic (exact) mass is 589 g/mol. The van der Waals surface area contributed by atoms with Crippen molar-refractivity contribution in [2.24, 2.45) is 0 Å². The summed E-state index contributed by atoms with van der Waals surface area (Å²) in [6, 6.07) is 18.5. The Labute approximate surface area is 244 Å². The number of nitrogens with one attached hydrogen (secondary N) is 2. The number of nitrogens with zero attached hydrogens (tertiary/aromatic N) is 5. The highest BCUT2D eigenvalue weighted by Crippen LogP contribution is 2.27. The third-order valence-electron chi connectivity index (χ3n) is 6.76. The van der Waals surface area contributed by atoms with E-state index in [1.54, 1.807) is 48.5 Å². The first-order valence-corrected chi connectivity index (χ1v) is 13.3. The number of halogens is 2. The molecule has 1 atom stereocenters. The fourth-order valence-corrected chi connectivity index (χ4v) is 4.83. The molecule has 4 amide bonds. The summed E-state index contributed by atoms with van der Waals surface area (Å²) >= 11 is 5.93. The fraction of sp³-hybridized carbons (Fsp3) is 0.172. The summed E-state index contributed by atoms with van der Waals surface area (Å²) in [4.78, 5) is 55.0. The predicted octanol–water partition coefficient (Wildman–Crippen LogP) is 2.84. The van der Waals surface area contributed by atoms with Crippen LogP contribution in [0.5, 0.6) is 0 Å². The molecule has 5 rings (SSSR count). The summed E-state index contributed by atoms with van der Waals surface area (Å²) in [7, 11) is 1.38. The number of amides is 4. The molecular formula is C29H25ClFN7O4. The second-order valence-corrected chi connectivity index (χ2v) is 9.83. The van der Waals surface area contributed by atoms with Gasteiger partial charge in [-0.15, -0.1) is 5.10 Å². The lowest BCUT2D eigenvalue weighted by atomic mass is 10.0. The lowest BCUT2D eigenvalue weighted by Gasteiger charge is -2.38. The highest BCUT2D eigenvalue weighted by molar-refractivity contribution is 6.29. The molecule has 0 spiro atoms. The SMILES string of the molecule is CNC(=O)c1ccc(NC(=O)C(Cc2ccccc2)N2CC(=O)N(c3ccccc3-n3cc(Cl)nn3)CC2=O)cc1F. The molecule has 0 radical (unpaired) electrons. The number of carbonyl (C=O) groups is 4. The van der Waals surface area contributed by atoms with E-state index in [1.807, 2.05) is 6.07 Å². The maximum Gasteiger partial charge on any atom is 0.253 e. The van der Waals surface area contributed by atoms with Gasteiger partial charge in [-0.3, -0.25) is 24.1 Å². The number of hydrogen-bond acceptors (Lipinski definition) is 6. The lowest BCUT2D eigenvalue weighted by Crippen LogP contribution is -2.60. The van der Waals surface area contributed by atoms with Crippen LogP contribution >= 0.6 is 11.6 Å². The van der Waals surface area contributed by atoms with Crippen LogP contribution in [0.2, 0.25) is 5.15 Å². The minimum atomic E-state index is -1.09. The van der Waals surface area contributed by atoms with Crippen LogP contribution in [0.4, 0.5) is 15.8 Å². The van der Waals surface area contributed by atoms with Crippen molar-refractivity contribution >= 4 is 46.6 Å². The van der Waals surface area contributed by atoms with Gasteiger partial charge in [-0.25, -0.2) is 9.07 Å². The van der Waals surface area contributed by atoms with E-state index in [0.717, 1.165) is 11.6 Å². The topological polar surface area (TPSA) is 130 Å². The molecule has 214 valence electrons. The maximum atomic E-state index is 14.6. The molecule has 4 aromatic rings. The Bertz CT molecular complexity index is 1660. The van der Waals surface area contributed by atoms with E-state index in [-0.39, 0.29) is 35.9 Å². The van der Waals surface area contributed by atoms with Crippen molar-refractivity contribution in [2.75, 3.05) is 30.4 Å². The molecule has 42 heavy (non-hydrogen) atoms. The zero-order valence-corrected chi connectivity index (χ0v) is 23.1. The van der Waals surface area contributed by atoms with Crippen LogP contribution in [0.1, 0.15) is 15.9 Å². The first-order valence-electron chi connectivity index (χ1n) is 12.9. The van der Waals surface area contributed by atoms with Gasteiger partial charge in [0.05, 0.1) is 23.1 Å².